The molecule has 6 aromatic carbocycles. The Kier molecular flexibility index (Phi) is 7.98. The lowest BCUT2D eigenvalue weighted by Gasteiger charge is -2.21. The van der Waals surface area contributed by atoms with E-state index in [1.54, 1.807) is 0 Å². The van der Waals surface area contributed by atoms with Crippen LogP contribution in [0.3, 0.4) is 0 Å². The van der Waals surface area contributed by atoms with Crippen LogP contribution in [0.2, 0.25) is 0 Å². The van der Waals surface area contributed by atoms with Crippen LogP contribution in [0.1, 0.15) is 48.1 Å². The Morgan fingerprint density at radius 3 is 1.73 bits per heavy atom. The van der Waals surface area contributed by atoms with E-state index in [1.165, 1.54) is 66.4 Å². The molecule has 6 aromatic rings. The highest BCUT2D eigenvalue weighted by Crippen LogP contribution is 2.46. The minimum absolute atomic E-state index is 0.934. The SMILES string of the molecule is CC/C=C(/Cc1ccccc1)c1ccc(C2=C=C(C)c3c(c(-c4ccccc4)c4ccccc4c3-c3ccccc3)C=C2)cc1. The molecule has 1 aliphatic rings. The molecule has 0 aliphatic heterocycles. The van der Waals surface area contributed by atoms with Crippen LogP contribution in [-0.4, -0.2) is 0 Å². The van der Waals surface area contributed by atoms with E-state index in [4.69, 9.17) is 0 Å². The molecule has 0 amide bonds. The van der Waals surface area contributed by atoms with Gasteiger partial charge in [0, 0.05) is 16.7 Å². The molecule has 0 heterocycles. The Bertz CT molecular complexity index is 2100. The van der Waals surface area contributed by atoms with Crippen LogP contribution >= 0.6 is 0 Å². The van der Waals surface area contributed by atoms with Gasteiger partial charge in [-0.2, -0.15) is 0 Å². The summed E-state index contributed by atoms with van der Waals surface area (Å²) < 4.78 is 0. The van der Waals surface area contributed by atoms with Gasteiger partial charge in [-0.15, -0.1) is 5.73 Å². The zero-order valence-corrected chi connectivity index (χ0v) is 25.9. The van der Waals surface area contributed by atoms with Crippen LogP contribution in [0.25, 0.3) is 55.8 Å². The van der Waals surface area contributed by atoms with Crippen molar-refractivity contribution in [3.63, 3.8) is 0 Å². The lowest BCUT2D eigenvalue weighted by Crippen LogP contribution is -1.98. The molecule has 7 rings (SSSR count). The fourth-order valence-corrected chi connectivity index (χ4v) is 6.69. The third-order valence-electron chi connectivity index (χ3n) is 8.75. The topological polar surface area (TPSA) is 0 Å². The van der Waals surface area contributed by atoms with Gasteiger partial charge in [0.2, 0.25) is 0 Å². The second-order valence-corrected chi connectivity index (χ2v) is 11.7. The summed E-state index contributed by atoms with van der Waals surface area (Å²) in [5.41, 5.74) is 18.7. The molecule has 0 unspecified atom stereocenters. The van der Waals surface area contributed by atoms with E-state index in [2.05, 4.69) is 177 Å². The van der Waals surface area contributed by atoms with Crippen molar-refractivity contribution >= 4 is 33.6 Å². The van der Waals surface area contributed by atoms with E-state index >= 15 is 0 Å². The maximum absolute atomic E-state index is 3.85. The van der Waals surface area contributed by atoms with Crippen molar-refractivity contribution in [1.82, 2.24) is 0 Å². The van der Waals surface area contributed by atoms with Crippen molar-refractivity contribution in [2.75, 3.05) is 0 Å². The van der Waals surface area contributed by atoms with Crippen LogP contribution in [0.4, 0.5) is 0 Å². The van der Waals surface area contributed by atoms with Crippen molar-refractivity contribution in [2.45, 2.75) is 26.7 Å². The third-order valence-corrected chi connectivity index (χ3v) is 8.75. The van der Waals surface area contributed by atoms with E-state index in [9.17, 15) is 0 Å². The molecular formula is C45H36. The van der Waals surface area contributed by atoms with E-state index < -0.39 is 0 Å². The minimum atomic E-state index is 0.934. The van der Waals surface area contributed by atoms with Gasteiger partial charge in [-0.1, -0.05) is 159 Å². The maximum atomic E-state index is 3.85. The van der Waals surface area contributed by atoms with E-state index in [1.807, 2.05) is 0 Å². The Balaban J connectivity index is 1.39. The number of allylic oxidation sites excluding steroid dienone is 4. The summed E-state index contributed by atoms with van der Waals surface area (Å²) in [5, 5.41) is 2.53. The molecular weight excluding hydrogens is 540 g/mol. The Morgan fingerprint density at radius 1 is 0.556 bits per heavy atom. The monoisotopic (exact) mass is 576 g/mol. The lowest BCUT2D eigenvalue weighted by molar-refractivity contribution is 1.19. The van der Waals surface area contributed by atoms with Gasteiger partial charge in [-0.25, -0.2) is 0 Å². The highest BCUT2D eigenvalue weighted by Gasteiger charge is 2.22. The number of fused-ring (bicyclic) bond motifs is 2. The van der Waals surface area contributed by atoms with E-state index in [0.717, 1.165) is 24.0 Å². The maximum Gasteiger partial charge on any atom is 0.0240 e. The van der Waals surface area contributed by atoms with Gasteiger partial charge < -0.3 is 0 Å². The smallest absolute Gasteiger partial charge is 0.0240 e. The number of benzene rings is 6. The van der Waals surface area contributed by atoms with Gasteiger partial charge >= 0.3 is 0 Å². The van der Waals surface area contributed by atoms with Crippen molar-refractivity contribution in [2.24, 2.45) is 0 Å². The van der Waals surface area contributed by atoms with Crippen LogP contribution in [0.15, 0.2) is 157 Å². The van der Waals surface area contributed by atoms with Gasteiger partial charge in [0.15, 0.2) is 0 Å². The summed E-state index contributed by atoms with van der Waals surface area (Å²) in [6.45, 7) is 4.43. The molecule has 0 fully saturated rings. The normalized spacial score (nSPS) is 12.8. The summed E-state index contributed by atoms with van der Waals surface area (Å²) in [7, 11) is 0. The van der Waals surface area contributed by atoms with Crippen LogP contribution < -0.4 is 0 Å². The first-order valence-electron chi connectivity index (χ1n) is 15.9. The predicted molar refractivity (Wildman–Crippen MR) is 195 cm³/mol. The van der Waals surface area contributed by atoms with Gasteiger partial charge in [-0.05, 0) is 86.7 Å². The second kappa shape index (κ2) is 12.7. The van der Waals surface area contributed by atoms with Gasteiger partial charge in [-0.3, -0.25) is 0 Å². The van der Waals surface area contributed by atoms with Crippen molar-refractivity contribution in [3.05, 3.63) is 185 Å². The molecule has 0 saturated heterocycles. The highest BCUT2D eigenvalue weighted by atomic mass is 14.2. The quantitative estimate of drug-likeness (QED) is 0.166. The summed E-state index contributed by atoms with van der Waals surface area (Å²) in [5.74, 6) is 0. The average molecular weight is 577 g/mol. The fourth-order valence-electron chi connectivity index (χ4n) is 6.69. The molecule has 0 N–H and O–H groups in total. The third kappa shape index (κ3) is 5.65. The molecule has 0 atom stereocenters. The molecule has 0 bridgehead atoms. The predicted octanol–water partition coefficient (Wildman–Crippen LogP) is 12.3. The second-order valence-electron chi connectivity index (χ2n) is 11.7. The molecule has 1 aliphatic carbocycles. The zero-order chi connectivity index (χ0) is 30.6. The fraction of sp³-hybridized carbons (Fsp3) is 0.0889. The van der Waals surface area contributed by atoms with Crippen molar-refractivity contribution < 1.29 is 0 Å². The molecule has 0 heteroatoms. The Hall–Kier alpha value is -5.42. The Labute approximate surface area is 267 Å². The van der Waals surface area contributed by atoms with Crippen LogP contribution in [-0.2, 0) is 6.42 Å². The van der Waals surface area contributed by atoms with Crippen molar-refractivity contribution in [3.8, 4) is 22.3 Å². The van der Waals surface area contributed by atoms with Crippen LogP contribution in [0, 0.1) is 0 Å². The highest BCUT2D eigenvalue weighted by molar-refractivity contribution is 6.13. The van der Waals surface area contributed by atoms with Crippen LogP contribution in [0.5, 0.6) is 0 Å². The number of rotatable bonds is 7. The first-order valence-corrected chi connectivity index (χ1v) is 15.9. The molecule has 45 heavy (non-hydrogen) atoms. The van der Waals surface area contributed by atoms with Gasteiger partial charge in [0.25, 0.3) is 0 Å². The molecule has 0 radical (unpaired) electrons. The summed E-state index contributed by atoms with van der Waals surface area (Å²) >= 11 is 0. The molecule has 0 saturated carbocycles. The van der Waals surface area contributed by atoms with E-state index in [0.29, 0.717) is 0 Å². The molecule has 0 spiro atoms. The Morgan fingerprint density at radius 2 is 1.11 bits per heavy atom. The molecule has 216 valence electrons. The lowest BCUT2D eigenvalue weighted by atomic mass is 9.81. The van der Waals surface area contributed by atoms with Gasteiger partial charge in [0.1, 0.15) is 0 Å². The van der Waals surface area contributed by atoms with E-state index in [-0.39, 0.29) is 0 Å². The summed E-state index contributed by atoms with van der Waals surface area (Å²) in [6, 6.07) is 50.3. The standard InChI is InChI=1S/C45H36/c1-3-15-38(31-33-16-7-4-8-17-33)34-24-26-35(27-25-34)39-28-29-42-43(32(2)30-39)45(37-20-11-6-12-21-37)41-23-14-13-22-40(41)44(42)36-18-9-5-10-19-36/h4-29H,3,31H2,1-2H3/b38-15-. The number of hydrogen-bond acceptors (Lipinski definition) is 0. The first kappa shape index (κ1) is 28.4. The van der Waals surface area contributed by atoms with Gasteiger partial charge in [0.05, 0.1) is 0 Å². The largest absolute Gasteiger partial charge is 0.108 e. The average Bonchev–Trinajstić information content (AvgIpc) is 3.27. The zero-order valence-electron chi connectivity index (χ0n) is 25.9. The van der Waals surface area contributed by atoms with Crippen molar-refractivity contribution in [1.29, 1.82) is 0 Å². The number of hydrogen-bond donors (Lipinski definition) is 0. The summed E-state index contributed by atoms with van der Waals surface area (Å²) in [6.07, 6.45) is 8.88. The minimum Gasteiger partial charge on any atom is -0.108 e. The molecule has 0 aromatic heterocycles. The first-order chi connectivity index (χ1) is 22.2. The molecule has 0 nitrogen and oxygen atoms in total. The summed E-state index contributed by atoms with van der Waals surface area (Å²) in [4.78, 5) is 0.